The lowest BCUT2D eigenvalue weighted by Crippen LogP contribution is -2.29. The summed E-state index contributed by atoms with van der Waals surface area (Å²) in [4.78, 5) is 22.1. The Morgan fingerprint density at radius 3 is 1.86 bits per heavy atom. The third-order valence-corrected chi connectivity index (χ3v) is 4.53. The first-order valence-corrected chi connectivity index (χ1v) is 10.2. The zero-order valence-electron chi connectivity index (χ0n) is 16.4. The number of carbonyl (C=O) groups is 2. The lowest BCUT2D eigenvalue weighted by atomic mass is 10.1. The quantitative estimate of drug-likeness (QED) is 0.324. The first-order chi connectivity index (χ1) is 13.5. The summed E-state index contributed by atoms with van der Waals surface area (Å²) in [5.41, 5.74) is 0.221. The molecule has 0 aliphatic rings. The molecule has 0 heterocycles. The molecule has 1 rings (SSSR count). The molecule has 158 valence electrons. The number of urea groups is 1. The van der Waals surface area contributed by atoms with Crippen LogP contribution < -0.4 is 10.6 Å². The second-order valence-electron chi connectivity index (χ2n) is 7.04. The van der Waals surface area contributed by atoms with E-state index in [9.17, 15) is 18.4 Å². The van der Waals surface area contributed by atoms with E-state index >= 15 is 0 Å². The minimum atomic E-state index is -0.990. The van der Waals surface area contributed by atoms with Gasteiger partial charge in [0.2, 0.25) is 0 Å². The maximum absolute atomic E-state index is 13.1. The van der Waals surface area contributed by atoms with Gasteiger partial charge in [-0.1, -0.05) is 57.8 Å². The van der Waals surface area contributed by atoms with Gasteiger partial charge in [-0.15, -0.1) is 0 Å². The summed E-state index contributed by atoms with van der Waals surface area (Å²) in [6, 6.07) is 2.82. The Hall–Kier alpha value is -2.18. The van der Waals surface area contributed by atoms with Crippen LogP contribution in [0.4, 0.5) is 19.3 Å². The Labute approximate surface area is 165 Å². The SMILES string of the molecule is O=C(O)CCCCCCCCCCCCCNC(=O)Nc1ccc(F)c(F)c1. The number of halogens is 2. The van der Waals surface area contributed by atoms with Crippen molar-refractivity contribution in [3.05, 3.63) is 29.8 Å². The Morgan fingerprint density at radius 2 is 1.32 bits per heavy atom. The van der Waals surface area contributed by atoms with Crippen LogP contribution >= 0.6 is 0 Å². The third-order valence-electron chi connectivity index (χ3n) is 4.53. The molecule has 0 aliphatic heterocycles. The van der Waals surface area contributed by atoms with E-state index in [1.54, 1.807) is 0 Å². The molecule has 5 nitrogen and oxygen atoms in total. The average molecular weight is 398 g/mol. The molecule has 0 saturated carbocycles. The molecule has 0 aliphatic carbocycles. The summed E-state index contributed by atoms with van der Waals surface area (Å²) in [7, 11) is 0. The van der Waals surface area contributed by atoms with Gasteiger partial charge < -0.3 is 15.7 Å². The van der Waals surface area contributed by atoms with Gasteiger partial charge in [0.15, 0.2) is 11.6 Å². The number of carbonyl (C=O) groups excluding carboxylic acids is 1. The zero-order chi connectivity index (χ0) is 20.6. The Bertz CT molecular complexity index is 597. The van der Waals surface area contributed by atoms with Crippen molar-refractivity contribution in [1.82, 2.24) is 5.32 Å². The Balaban J connectivity index is 1.87. The summed E-state index contributed by atoms with van der Waals surface area (Å²) in [5.74, 6) is -2.64. The molecule has 0 spiro atoms. The number of aliphatic carboxylic acids is 1. The molecule has 2 amide bonds. The van der Waals surface area contributed by atoms with Crippen LogP contribution in [0, 0.1) is 11.6 Å². The number of anilines is 1. The van der Waals surface area contributed by atoms with E-state index in [1.165, 1.54) is 38.2 Å². The third kappa shape index (κ3) is 12.3. The second-order valence-corrected chi connectivity index (χ2v) is 7.04. The topological polar surface area (TPSA) is 78.4 Å². The highest BCUT2D eigenvalue weighted by atomic mass is 19.2. The number of hydrogen-bond acceptors (Lipinski definition) is 2. The van der Waals surface area contributed by atoms with Crippen molar-refractivity contribution in [2.75, 3.05) is 11.9 Å². The molecule has 0 atom stereocenters. The molecule has 0 saturated heterocycles. The number of nitrogens with one attached hydrogen (secondary N) is 2. The van der Waals surface area contributed by atoms with Crippen molar-refractivity contribution < 1.29 is 23.5 Å². The Kier molecular flexibility index (Phi) is 12.6. The highest BCUT2D eigenvalue weighted by molar-refractivity contribution is 5.89. The highest BCUT2D eigenvalue weighted by Gasteiger charge is 2.05. The van der Waals surface area contributed by atoms with E-state index < -0.39 is 23.6 Å². The van der Waals surface area contributed by atoms with Crippen LogP contribution in [0.3, 0.4) is 0 Å². The standard InChI is InChI=1S/C21H32F2N2O3/c22-18-14-13-17(16-19(18)23)25-21(28)24-15-11-9-7-5-3-1-2-4-6-8-10-12-20(26)27/h13-14,16H,1-12,15H2,(H,26,27)(H2,24,25,28). The smallest absolute Gasteiger partial charge is 0.319 e. The fourth-order valence-electron chi connectivity index (χ4n) is 2.94. The molecule has 1 aromatic rings. The number of amides is 2. The number of rotatable bonds is 15. The van der Waals surface area contributed by atoms with E-state index in [4.69, 9.17) is 5.11 Å². The minimum absolute atomic E-state index is 0.221. The highest BCUT2D eigenvalue weighted by Crippen LogP contribution is 2.13. The van der Waals surface area contributed by atoms with Gasteiger partial charge in [0.1, 0.15) is 0 Å². The molecule has 0 fully saturated rings. The van der Waals surface area contributed by atoms with E-state index in [-0.39, 0.29) is 12.1 Å². The predicted octanol–water partition coefficient (Wildman–Crippen LogP) is 5.85. The van der Waals surface area contributed by atoms with E-state index in [2.05, 4.69) is 10.6 Å². The molecular weight excluding hydrogens is 366 g/mol. The van der Waals surface area contributed by atoms with Crippen LogP contribution in [-0.4, -0.2) is 23.7 Å². The zero-order valence-corrected chi connectivity index (χ0v) is 16.4. The van der Waals surface area contributed by atoms with Crippen molar-refractivity contribution in [3.63, 3.8) is 0 Å². The largest absolute Gasteiger partial charge is 0.481 e. The number of unbranched alkanes of at least 4 members (excludes halogenated alkanes) is 10. The van der Waals surface area contributed by atoms with Crippen LogP contribution in [0.15, 0.2) is 18.2 Å². The first kappa shape index (κ1) is 23.9. The molecule has 0 bridgehead atoms. The first-order valence-electron chi connectivity index (χ1n) is 10.2. The van der Waals surface area contributed by atoms with Gasteiger partial charge >= 0.3 is 12.0 Å². The maximum atomic E-state index is 13.1. The summed E-state index contributed by atoms with van der Waals surface area (Å²) >= 11 is 0. The average Bonchev–Trinajstić information content (AvgIpc) is 2.64. The van der Waals surface area contributed by atoms with Gasteiger partial charge in [0.05, 0.1) is 0 Å². The molecule has 7 heteroatoms. The van der Waals surface area contributed by atoms with Gasteiger partial charge in [-0.25, -0.2) is 13.6 Å². The molecule has 1 aromatic carbocycles. The fourth-order valence-corrected chi connectivity index (χ4v) is 2.94. The lowest BCUT2D eigenvalue weighted by molar-refractivity contribution is -0.137. The predicted molar refractivity (Wildman–Crippen MR) is 106 cm³/mol. The van der Waals surface area contributed by atoms with Crippen molar-refractivity contribution in [2.24, 2.45) is 0 Å². The normalized spacial score (nSPS) is 10.6. The number of carboxylic acids is 1. The van der Waals surface area contributed by atoms with Crippen molar-refractivity contribution in [1.29, 1.82) is 0 Å². The number of hydrogen-bond donors (Lipinski definition) is 3. The van der Waals surface area contributed by atoms with Gasteiger partial charge in [-0.3, -0.25) is 4.79 Å². The molecular formula is C21H32F2N2O3. The van der Waals surface area contributed by atoms with E-state index in [0.29, 0.717) is 6.54 Å². The van der Waals surface area contributed by atoms with Crippen LogP contribution in [0.25, 0.3) is 0 Å². The van der Waals surface area contributed by atoms with Crippen LogP contribution in [0.2, 0.25) is 0 Å². The van der Waals surface area contributed by atoms with Gasteiger partial charge in [0.25, 0.3) is 0 Å². The van der Waals surface area contributed by atoms with Crippen molar-refractivity contribution in [3.8, 4) is 0 Å². The summed E-state index contributed by atoms with van der Waals surface area (Å²) in [5, 5.41) is 13.7. The lowest BCUT2D eigenvalue weighted by Gasteiger charge is -2.08. The van der Waals surface area contributed by atoms with Gasteiger partial charge in [-0.05, 0) is 25.0 Å². The Morgan fingerprint density at radius 1 is 0.786 bits per heavy atom. The fraction of sp³-hybridized carbons (Fsp3) is 0.619. The van der Waals surface area contributed by atoms with Crippen LogP contribution in [0.5, 0.6) is 0 Å². The van der Waals surface area contributed by atoms with E-state index in [0.717, 1.165) is 50.7 Å². The molecule has 0 aromatic heterocycles. The van der Waals surface area contributed by atoms with Crippen LogP contribution in [0.1, 0.15) is 77.0 Å². The summed E-state index contributed by atoms with van der Waals surface area (Å²) < 4.78 is 25.9. The number of benzene rings is 1. The minimum Gasteiger partial charge on any atom is -0.481 e. The molecule has 0 radical (unpaired) electrons. The summed E-state index contributed by atoms with van der Waals surface area (Å²) in [6.45, 7) is 0.547. The summed E-state index contributed by atoms with van der Waals surface area (Å²) in [6.07, 6.45) is 12.2. The van der Waals surface area contributed by atoms with Crippen LogP contribution in [-0.2, 0) is 4.79 Å². The van der Waals surface area contributed by atoms with Gasteiger partial charge in [-0.2, -0.15) is 0 Å². The van der Waals surface area contributed by atoms with E-state index in [1.807, 2.05) is 0 Å². The van der Waals surface area contributed by atoms with Crippen molar-refractivity contribution in [2.45, 2.75) is 77.0 Å². The second kappa shape index (κ2) is 14.8. The maximum Gasteiger partial charge on any atom is 0.319 e. The van der Waals surface area contributed by atoms with Crippen molar-refractivity contribution >= 4 is 17.7 Å². The molecule has 3 N–H and O–H groups in total. The molecule has 28 heavy (non-hydrogen) atoms. The number of carboxylic acid groups (broad SMARTS) is 1. The van der Waals surface area contributed by atoms with Gasteiger partial charge in [0, 0.05) is 24.7 Å². The monoisotopic (exact) mass is 398 g/mol. The molecule has 0 unspecified atom stereocenters.